The lowest BCUT2D eigenvalue weighted by Gasteiger charge is -2.42. The maximum Gasteiger partial charge on any atom is 0.341 e. The molecule has 12 heteroatoms. The number of H-pyrrole nitrogens is 1. The van der Waals surface area contributed by atoms with Crippen molar-refractivity contribution in [2.45, 2.75) is 25.4 Å². The minimum atomic E-state index is -3.62. The third-order valence-corrected chi connectivity index (χ3v) is 8.25. The maximum absolute atomic E-state index is 13.2. The first kappa shape index (κ1) is 21.6. The number of aromatic amines is 1. The molecule has 1 aromatic heterocycles. The fourth-order valence-electron chi connectivity index (χ4n) is 4.91. The average Bonchev–Trinajstić information content (AvgIpc) is 3.18. The molecule has 0 aromatic carbocycles. The van der Waals surface area contributed by atoms with Crippen LogP contribution in [0.15, 0.2) is 40.2 Å². The number of hydrogen-bond donors (Lipinski definition) is 1. The molecule has 4 aliphatic heterocycles. The number of carbonyl (C=O) groups excluding carboxylic acids is 1. The molecule has 5 heterocycles. The minimum Gasteiger partial charge on any atom is -0.465 e. The van der Waals surface area contributed by atoms with Crippen LogP contribution in [0.4, 0.5) is 0 Å². The first-order valence-corrected chi connectivity index (χ1v) is 12.2. The third-order valence-electron chi connectivity index (χ3n) is 6.47. The highest BCUT2D eigenvalue weighted by Crippen LogP contribution is 2.36. The number of fused-ring (bicyclic) bond motifs is 5. The Morgan fingerprint density at radius 3 is 2.82 bits per heavy atom. The Morgan fingerprint density at radius 1 is 1.21 bits per heavy atom. The van der Waals surface area contributed by atoms with Crippen LogP contribution in [0.25, 0.3) is 11.3 Å². The standard InChI is InChI=1S/C21H23N5O6S/c1-32-21(29)16-12-24(11-15-19(16)22-23-20(15)28)5-6-33(30,31)25-8-13-7-14(10-25)17-3-2-4-18(27)26(17)9-13/h2-4,11-14H,5-10H2,1H3,(H,23,28). The number of sulfonamides is 1. The van der Waals surface area contributed by atoms with E-state index in [-0.39, 0.29) is 46.5 Å². The summed E-state index contributed by atoms with van der Waals surface area (Å²) >= 11 is 0. The molecule has 174 valence electrons. The van der Waals surface area contributed by atoms with E-state index in [4.69, 9.17) is 4.74 Å². The van der Waals surface area contributed by atoms with E-state index in [1.54, 1.807) is 10.6 Å². The van der Waals surface area contributed by atoms with Gasteiger partial charge in [0, 0.05) is 56.3 Å². The van der Waals surface area contributed by atoms with E-state index >= 15 is 0 Å². The van der Waals surface area contributed by atoms with E-state index < -0.39 is 21.6 Å². The van der Waals surface area contributed by atoms with E-state index in [1.165, 1.54) is 34.4 Å². The molecule has 4 aliphatic rings. The van der Waals surface area contributed by atoms with Gasteiger partial charge in [0.15, 0.2) is 0 Å². The van der Waals surface area contributed by atoms with Crippen LogP contribution in [0.5, 0.6) is 0 Å². The Balaban J connectivity index is 1.38. The lowest BCUT2D eigenvalue weighted by molar-refractivity contribution is 0.0600. The zero-order valence-corrected chi connectivity index (χ0v) is 18.7. The molecular formula is C21H23N5O6S. The van der Waals surface area contributed by atoms with Crippen molar-refractivity contribution in [2.75, 3.05) is 26.0 Å². The predicted molar refractivity (Wildman–Crippen MR) is 118 cm³/mol. The van der Waals surface area contributed by atoms with Gasteiger partial charge in [0.2, 0.25) is 10.0 Å². The predicted octanol–water partition coefficient (Wildman–Crippen LogP) is 0.0736. The van der Waals surface area contributed by atoms with Gasteiger partial charge in [0.25, 0.3) is 11.1 Å². The molecule has 2 unspecified atom stereocenters. The molecular weight excluding hydrogens is 450 g/mol. The summed E-state index contributed by atoms with van der Waals surface area (Å²) in [5.74, 6) is -0.807. The van der Waals surface area contributed by atoms with Crippen molar-refractivity contribution in [1.29, 1.82) is 0 Å². The molecule has 0 radical (unpaired) electrons. The number of piperidine rings is 1. The molecule has 0 aliphatic carbocycles. The summed E-state index contributed by atoms with van der Waals surface area (Å²) in [6.45, 7) is 1.25. The molecule has 5 rings (SSSR count). The van der Waals surface area contributed by atoms with Crippen LogP contribution in [0.3, 0.4) is 0 Å². The van der Waals surface area contributed by atoms with E-state index in [1.807, 2.05) is 6.07 Å². The molecule has 0 amide bonds. The van der Waals surface area contributed by atoms with Crippen molar-refractivity contribution in [1.82, 2.24) is 23.6 Å². The molecule has 2 bridgehead atoms. The number of pyridine rings is 2. The second-order valence-electron chi connectivity index (χ2n) is 8.55. The van der Waals surface area contributed by atoms with Gasteiger partial charge >= 0.3 is 5.97 Å². The van der Waals surface area contributed by atoms with Crippen molar-refractivity contribution in [3.63, 3.8) is 0 Å². The van der Waals surface area contributed by atoms with Crippen LogP contribution >= 0.6 is 0 Å². The Labute approximate surface area is 189 Å². The number of carbonyl (C=O) groups is 1. The Kier molecular flexibility index (Phi) is 5.20. The molecule has 11 nitrogen and oxygen atoms in total. The number of hydrogen-bond acceptors (Lipinski definition) is 7. The van der Waals surface area contributed by atoms with E-state index in [9.17, 15) is 22.8 Å². The monoisotopic (exact) mass is 473 g/mol. The van der Waals surface area contributed by atoms with Crippen molar-refractivity contribution >= 4 is 16.0 Å². The number of methoxy groups -OCH3 is 1. The van der Waals surface area contributed by atoms with Gasteiger partial charge in [-0.1, -0.05) is 6.07 Å². The summed E-state index contributed by atoms with van der Waals surface area (Å²) in [5, 5.41) is 6.17. The minimum absolute atomic E-state index is 0.0231. The number of esters is 1. The van der Waals surface area contributed by atoms with E-state index in [2.05, 4.69) is 10.2 Å². The lowest BCUT2D eigenvalue weighted by Crippen LogP contribution is -2.49. The zero-order chi connectivity index (χ0) is 23.3. The number of aryl methyl sites for hydroxylation is 1. The van der Waals surface area contributed by atoms with Crippen molar-refractivity contribution in [3.05, 3.63) is 62.6 Å². The van der Waals surface area contributed by atoms with Crippen LogP contribution < -0.4 is 11.1 Å². The van der Waals surface area contributed by atoms with Gasteiger partial charge < -0.3 is 13.9 Å². The summed E-state index contributed by atoms with van der Waals surface area (Å²) in [6.07, 6.45) is 3.78. The second kappa shape index (κ2) is 7.96. The Bertz CT molecular complexity index is 1420. The van der Waals surface area contributed by atoms with Gasteiger partial charge in [0.1, 0.15) is 11.3 Å². The summed E-state index contributed by atoms with van der Waals surface area (Å²) in [7, 11) is -2.40. The van der Waals surface area contributed by atoms with Crippen LogP contribution in [0.2, 0.25) is 0 Å². The maximum atomic E-state index is 13.2. The van der Waals surface area contributed by atoms with Crippen LogP contribution in [-0.4, -0.2) is 64.0 Å². The van der Waals surface area contributed by atoms with Gasteiger partial charge in [-0.3, -0.25) is 9.59 Å². The molecule has 2 atom stereocenters. The average molecular weight is 474 g/mol. The topological polar surface area (TPSA) is 136 Å². The number of aromatic nitrogens is 4. The number of nitrogens with one attached hydrogen (secondary N) is 1. The molecule has 1 fully saturated rings. The van der Waals surface area contributed by atoms with Crippen molar-refractivity contribution < 1.29 is 17.9 Å². The molecule has 1 N–H and O–H groups in total. The van der Waals surface area contributed by atoms with Gasteiger partial charge in [0.05, 0.1) is 18.4 Å². The Hall–Kier alpha value is -3.25. The van der Waals surface area contributed by atoms with Crippen LogP contribution in [0, 0.1) is 5.92 Å². The zero-order valence-electron chi connectivity index (χ0n) is 17.9. The van der Waals surface area contributed by atoms with E-state index in [0.717, 1.165) is 12.1 Å². The quantitative estimate of drug-likeness (QED) is 0.518. The van der Waals surface area contributed by atoms with Crippen LogP contribution in [0.1, 0.15) is 28.4 Å². The molecule has 33 heavy (non-hydrogen) atoms. The number of ether oxygens (including phenoxy) is 1. The van der Waals surface area contributed by atoms with Crippen molar-refractivity contribution in [3.8, 4) is 11.3 Å². The normalized spacial score (nSPS) is 20.5. The largest absolute Gasteiger partial charge is 0.465 e. The van der Waals surface area contributed by atoms with Crippen molar-refractivity contribution in [2.24, 2.45) is 5.92 Å². The highest BCUT2D eigenvalue weighted by atomic mass is 32.2. The SMILES string of the molecule is COC(=O)c1cn(CCS(=O)(=O)N2CC3CC(C2)c2cccc(=O)n2C3)cc2c(=O)[nH]nc1-2. The molecule has 1 aromatic rings. The van der Waals surface area contributed by atoms with Gasteiger partial charge in [-0.2, -0.15) is 5.10 Å². The molecule has 0 spiro atoms. The van der Waals surface area contributed by atoms with Gasteiger partial charge in [-0.05, 0) is 18.4 Å². The summed E-state index contributed by atoms with van der Waals surface area (Å²) in [4.78, 5) is 36.4. The van der Waals surface area contributed by atoms with Gasteiger partial charge in [-0.25, -0.2) is 22.6 Å². The lowest BCUT2D eigenvalue weighted by atomic mass is 9.84. The summed E-state index contributed by atoms with van der Waals surface area (Å²) in [5.41, 5.74) is 0.812. The summed E-state index contributed by atoms with van der Waals surface area (Å²) < 4.78 is 35.9. The fourth-order valence-corrected chi connectivity index (χ4v) is 6.45. The summed E-state index contributed by atoms with van der Waals surface area (Å²) in [6, 6.07) is 5.14. The highest BCUT2D eigenvalue weighted by Gasteiger charge is 2.38. The third kappa shape index (κ3) is 3.78. The molecule has 0 saturated carbocycles. The first-order chi connectivity index (χ1) is 15.8. The second-order valence-corrected chi connectivity index (χ2v) is 10.6. The fraction of sp³-hybridized carbons (Fsp3) is 0.429. The molecule has 1 saturated heterocycles. The smallest absolute Gasteiger partial charge is 0.341 e. The first-order valence-electron chi connectivity index (χ1n) is 10.6. The number of rotatable bonds is 5. The highest BCUT2D eigenvalue weighted by molar-refractivity contribution is 7.89. The van der Waals surface area contributed by atoms with E-state index in [0.29, 0.717) is 19.6 Å². The number of nitrogens with zero attached hydrogens (tertiary/aromatic N) is 4. The van der Waals surface area contributed by atoms with Crippen LogP contribution in [-0.2, 0) is 27.8 Å². The Morgan fingerprint density at radius 2 is 2.03 bits per heavy atom. The van der Waals surface area contributed by atoms with Gasteiger partial charge in [-0.15, -0.1) is 0 Å².